The summed E-state index contributed by atoms with van der Waals surface area (Å²) in [6, 6.07) is 10.5. The normalized spacial score (nSPS) is 29.3. The Hall–Kier alpha value is -4.49. The molecule has 13 heteroatoms. The van der Waals surface area contributed by atoms with Crippen LogP contribution in [-0.4, -0.2) is 92.0 Å². The highest BCUT2D eigenvalue weighted by atomic mass is 16.5. The molecule has 4 heterocycles. The number of hydrogen-bond acceptors (Lipinski definition) is 10. The minimum Gasteiger partial charge on any atom is -0.370 e. The summed E-state index contributed by atoms with van der Waals surface area (Å²) in [6.07, 6.45) is 0.818. The molecule has 5 aliphatic rings. The standard InChI is InChI=1S/C27H28N8O5/c28-24-32-22-18(11-34-20(36)8-9-21(34)37)30-25(29)35-12-19(27(39,40)26(22,35)33-24)31-23(38)16-7-3-6-15-14-5-2-1-4-13(14)10-17(15)16/h1-7,18-19,22,39-40H,8-12H2,(H6,28,29,30,31,32,33,38)/p+1/t18-,19?,22-,26-/m0/s1. The van der Waals surface area contributed by atoms with E-state index in [4.69, 9.17) is 11.5 Å². The molecule has 1 spiro atoms. The zero-order valence-electron chi connectivity index (χ0n) is 21.4. The fourth-order valence-electron chi connectivity index (χ4n) is 6.94. The summed E-state index contributed by atoms with van der Waals surface area (Å²) in [4.78, 5) is 43.8. The van der Waals surface area contributed by atoms with Gasteiger partial charge >= 0.3 is 5.96 Å². The van der Waals surface area contributed by atoms with Gasteiger partial charge in [0.1, 0.15) is 18.1 Å². The van der Waals surface area contributed by atoms with Crippen molar-refractivity contribution in [3.63, 3.8) is 0 Å². The molecule has 13 nitrogen and oxygen atoms in total. The summed E-state index contributed by atoms with van der Waals surface area (Å²) in [5.41, 5.74) is 15.1. The van der Waals surface area contributed by atoms with Gasteiger partial charge in [0.2, 0.25) is 23.3 Å². The quantitative estimate of drug-likeness (QED) is 0.105. The molecule has 4 atom stereocenters. The Kier molecular flexibility index (Phi) is 5.07. The lowest BCUT2D eigenvalue weighted by molar-refractivity contribution is -0.623. The highest BCUT2D eigenvalue weighted by molar-refractivity contribution is 6.02. The smallest absolute Gasteiger partial charge is 0.346 e. The number of carbonyl (C=O) groups is 3. The van der Waals surface area contributed by atoms with E-state index in [-0.39, 0.29) is 49.7 Å². The van der Waals surface area contributed by atoms with Gasteiger partial charge in [0, 0.05) is 18.4 Å². The minimum absolute atomic E-state index is 0.0614. The van der Waals surface area contributed by atoms with Gasteiger partial charge in [-0.3, -0.25) is 30.3 Å². The van der Waals surface area contributed by atoms with E-state index in [1.807, 2.05) is 36.4 Å². The zero-order valence-corrected chi connectivity index (χ0v) is 21.4. The molecule has 2 aromatic rings. The number of rotatable bonds is 4. The molecular weight excluding hydrogens is 516 g/mol. The fraction of sp³-hybridized carbons (Fsp3) is 0.370. The molecule has 206 valence electrons. The van der Waals surface area contributed by atoms with Gasteiger partial charge in [-0.15, -0.1) is 0 Å². The number of amides is 3. The van der Waals surface area contributed by atoms with Crippen LogP contribution in [0.3, 0.4) is 0 Å². The summed E-state index contributed by atoms with van der Waals surface area (Å²) in [7, 11) is 0. The first-order chi connectivity index (χ1) is 19.1. The van der Waals surface area contributed by atoms with Gasteiger partial charge in [-0.2, -0.15) is 0 Å². The second-order valence-corrected chi connectivity index (χ2v) is 10.9. The maximum atomic E-state index is 13.6. The van der Waals surface area contributed by atoms with Crippen LogP contribution in [0.2, 0.25) is 0 Å². The fourth-order valence-corrected chi connectivity index (χ4v) is 6.94. The molecule has 2 aromatic carbocycles. The largest absolute Gasteiger partial charge is 0.370 e. The molecule has 2 fully saturated rings. The molecule has 7 rings (SSSR count). The number of carbonyl (C=O) groups excluding carboxylic acids is 3. The molecule has 1 unspecified atom stereocenters. The Morgan fingerprint density at radius 3 is 2.60 bits per heavy atom. The van der Waals surface area contributed by atoms with Crippen molar-refractivity contribution in [3.8, 4) is 11.1 Å². The lowest BCUT2D eigenvalue weighted by atomic mass is 9.85. The number of nitrogens with two attached hydrogens (primary N) is 2. The van der Waals surface area contributed by atoms with Gasteiger partial charge in [0.25, 0.3) is 5.91 Å². The monoisotopic (exact) mass is 545 g/mol. The van der Waals surface area contributed by atoms with E-state index in [1.165, 1.54) is 4.58 Å². The van der Waals surface area contributed by atoms with Crippen molar-refractivity contribution in [3.05, 3.63) is 59.2 Å². The van der Waals surface area contributed by atoms with Crippen LogP contribution in [0.25, 0.3) is 11.1 Å². The zero-order chi connectivity index (χ0) is 28.0. The number of aliphatic imine (C=N–C) groups is 1. The molecule has 3 amide bonds. The summed E-state index contributed by atoms with van der Waals surface area (Å²) in [6.45, 7) is -0.158. The average Bonchev–Trinajstić information content (AvgIpc) is 3.63. The summed E-state index contributed by atoms with van der Waals surface area (Å²) in [5.74, 6) is -3.70. The maximum Gasteiger partial charge on any atom is 0.346 e. The summed E-state index contributed by atoms with van der Waals surface area (Å²) < 4.78 is 1.49. The third kappa shape index (κ3) is 3.18. The number of guanidine groups is 2. The van der Waals surface area contributed by atoms with Crippen molar-refractivity contribution >= 4 is 29.6 Å². The Labute approximate surface area is 228 Å². The van der Waals surface area contributed by atoms with Crippen LogP contribution >= 0.6 is 0 Å². The topological polar surface area (TPSA) is 198 Å². The van der Waals surface area contributed by atoms with E-state index in [0.29, 0.717) is 12.0 Å². The number of benzene rings is 2. The highest BCUT2D eigenvalue weighted by Crippen LogP contribution is 2.42. The predicted molar refractivity (Wildman–Crippen MR) is 142 cm³/mol. The average molecular weight is 546 g/mol. The number of likely N-dealkylation sites (tertiary alicyclic amines) is 1. The summed E-state index contributed by atoms with van der Waals surface area (Å²) in [5, 5.41) is 32.2. The molecule has 0 radical (unpaired) electrons. The molecule has 1 aliphatic carbocycles. The van der Waals surface area contributed by atoms with E-state index in [1.54, 1.807) is 6.07 Å². The Morgan fingerprint density at radius 1 is 1.10 bits per heavy atom. The predicted octanol–water partition coefficient (Wildman–Crippen LogP) is -2.52. The van der Waals surface area contributed by atoms with Gasteiger partial charge < -0.3 is 26.6 Å². The first kappa shape index (κ1) is 24.5. The van der Waals surface area contributed by atoms with Crippen molar-refractivity contribution < 1.29 is 29.2 Å². The minimum atomic E-state index is -2.61. The van der Waals surface area contributed by atoms with Gasteiger partial charge in [0.15, 0.2) is 5.96 Å². The van der Waals surface area contributed by atoms with Gasteiger partial charge in [-0.05, 0) is 34.7 Å². The van der Waals surface area contributed by atoms with Crippen LogP contribution in [0.4, 0.5) is 0 Å². The van der Waals surface area contributed by atoms with E-state index >= 15 is 0 Å². The van der Waals surface area contributed by atoms with Gasteiger partial charge in [-0.1, -0.05) is 36.4 Å². The third-order valence-corrected chi connectivity index (χ3v) is 8.80. The van der Waals surface area contributed by atoms with Crippen LogP contribution in [-0.2, 0) is 16.0 Å². The number of nitrogens with one attached hydrogen (secondary N) is 3. The lowest BCUT2D eigenvalue weighted by Gasteiger charge is -2.44. The first-order valence-electron chi connectivity index (χ1n) is 13.2. The van der Waals surface area contributed by atoms with Gasteiger partial charge in [-0.25, -0.2) is 9.57 Å². The summed E-state index contributed by atoms with van der Waals surface area (Å²) >= 11 is 0. The lowest BCUT2D eigenvalue weighted by Crippen LogP contribution is -2.79. The second-order valence-electron chi connectivity index (χ2n) is 10.9. The molecule has 0 bridgehead atoms. The highest BCUT2D eigenvalue weighted by Gasteiger charge is 2.75. The molecule has 40 heavy (non-hydrogen) atoms. The van der Waals surface area contributed by atoms with Crippen molar-refractivity contribution in [2.24, 2.45) is 16.5 Å². The maximum absolute atomic E-state index is 13.6. The van der Waals surface area contributed by atoms with Gasteiger partial charge in [0.05, 0.1) is 13.1 Å². The van der Waals surface area contributed by atoms with E-state index in [0.717, 1.165) is 27.2 Å². The van der Waals surface area contributed by atoms with E-state index < -0.39 is 35.5 Å². The number of imide groups is 1. The number of fused-ring (bicyclic) bond motifs is 3. The van der Waals surface area contributed by atoms with Crippen molar-refractivity contribution in [2.45, 2.75) is 48.8 Å². The van der Waals surface area contributed by atoms with E-state index in [9.17, 15) is 24.6 Å². The Bertz CT molecular complexity index is 1550. The Balaban J connectivity index is 1.20. The number of hydrogen-bond donors (Lipinski definition) is 7. The Morgan fingerprint density at radius 2 is 1.82 bits per heavy atom. The van der Waals surface area contributed by atoms with Crippen molar-refractivity contribution in [2.75, 3.05) is 13.1 Å². The van der Waals surface area contributed by atoms with Crippen LogP contribution in [0.1, 0.15) is 34.3 Å². The molecule has 4 aliphatic heterocycles. The number of aliphatic hydroxyl groups is 2. The molecule has 0 aromatic heterocycles. The van der Waals surface area contributed by atoms with Crippen LogP contribution in [0.15, 0.2) is 47.5 Å². The molecule has 9 N–H and O–H groups in total. The molecular formula is C27H29N8O5+. The number of nitrogens with zero attached hydrogens (tertiary/aromatic N) is 3. The first-order valence-corrected chi connectivity index (χ1v) is 13.2. The SMILES string of the molecule is NC1=N[C@H]2[C@H](CN3C(=O)CCC3=O)NC(N)=[N+]3CC(NC(=O)c4cccc5c4Cc4ccccc4-5)C(O)(O)[C@]23N1. The van der Waals surface area contributed by atoms with Crippen molar-refractivity contribution in [1.82, 2.24) is 20.9 Å². The van der Waals surface area contributed by atoms with Crippen LogP contribution in [0, 0.1) is 0 Å². The molecule has 2 saturated heterocycles. The van der Waals surface area contributed by atoms with Crippen LogP contribution in [0.5, 0.6) is 0 Å². The molecule has 0 saturated carbocycles. The van der Waals surface area contributed by atoms with E-state index in [2.05, 4.69) is 20.9 Å². The van der Waals surface area contributed by atoms with Crippen LogP contribution < -0.4 is 27.4 Å². The second kappa shape index (κ2) is 8.26. The third-order valence-electron chi connectivity index (χ3n) is 8.80. The van der Waals surface area contributed by atoms with Crippen molar-refractivity contribution in [1.29, 1.82) is 0 Å².